The first-order chi connectivity index (χ1) is 13.0. The first-order valence-electron chi connectivity index (χ1n) is 7.99. The molecule has 1 aromatic heterocycles. The van der Waals surface area contributed by atoms with Crippen LogP contribution >= 0.6 is 0 Å². The minimum Gasteiger partial charge on any atom is -0.493 e. The van der Waals surface area contributed by atoms with Gasteiger partial charge in [-0.3, -0.25) is 15.1 Å². The fourth-order valence-electron chi connectivity index (χ4n) is 2.63. The van der Waals surface area contributed by atoms with Gasteiger partial charge in [0.25, 0.3) is 5.69 Å². The van der Waals surface area contributed by atoms with Gasteiger partial charge < -0.3 is 19.5 Å². The highest BCUT2D eigenvalue weighted by Crippen LogP contribution is 2.38. The van der Waals surface area contributed by atoms with Gasteiger partial charge >= 0.3 is 0 Å². The summed E-state index contributed by atoms with van der Waals surface area (Å²) < 4.78 is 16.0. The number of anilines is 1. The molecule has 0 bridgehead atoms. The summed E-state index contributed by atoms with van der Waals surface area (Å²) >= 11 is 0. The zero-order valence-corrected chi connectivity index (χ0v) is 15.1. The van der Waals surface area contributed by atoms with Crippen molar-refractivity contribution < 1.29 is 19.1 Å². The minimum absolute atomic E-state index is 0.0291. The quantitative estimate of drug-likeness (QED) is 0.499. The van der Waals surface area contributed by atoms with E-state index in [-0.39, 0.29) is 5.69 Å². The number of ether oxygens (including phenoxy) is 3. The Morgan fingerprint density at radius 2 is 1.74 bits per heavy atom. The molecule has 0 aliphatic heterocycles. The van der Waals surface area contributed by atoms with Crippen molar-refractivity contribution in [2.45, 2.75) is 6.54 Å². The summed E-state index contributed by atoms with van der Waals surface area (Å²) in [6, 6.07) is 8.03. The second kappa shape index (κ2) is 7.73. The highest BCUT2D eigenvalue weighted by Gasteiger charge is 2.13. The zero-order chi connectivity index (χ0) is 19.4. The second-order valence-corrected chi connectivity index (χ2v) is 5.57. The number of fused-ring (bicyclic) bond motifs is 1. The van der Waals surface area contributed by atoms with Crippen LogP contribution in [0.1, 0.15) is 5.56 Å². The monoisotopic (exact) mass is 370 g/mol. The third-order valence-corrected chi connectivity index (χ3v) is 3.93. The highest BCUT2D eigenvalue weighted by molar-refractivity contribution is 5.78. The fraction of sp³-hybridized carbons (Fsp3) is 0.222. The van der Waals surface area contributed by atoms with Crippen LogP contribution < -0.4 is 19.5 Å². The predicted octanol–water partition coefficient (Wildman–Crippen LogP) is 3.18. The SMILES string of the molecule is COc1cc(CNc2cnc3ccc([N+](=O)[O-])cc3n2)cc(OC)c1OC. The first-order valence-corrected chi connectivity index (χ1v) is 7.99. The van der Waals surface area contributed by atoms with E-state index in [2.05, 4.69) is 15.3 Å². The maximum absolute atomic E-state index is 10.9. The summed E-state index contributed by atoms with van der Waals surface area (Å²) in [6.07, 6.45) is 1.58. The van der Waals surface area contributed by atoms with E-state index < -0.39 is 4.92 Å². The third-order valence-electron chi connectivity index (χ3n) is 3.93. The molecular formula is C18H18N4O5. The van der Waals surface area contributed by atoms with Gasteiger partial charge in [0.05, 0.1) is 43.5 Å². The van der Waals surface area contributed by atoms with E-state index in [0.29, 0.717) is 40.6 Å². The van der Waals surface area contributed by atoms with Crippen LogP contribution in [0.2, 0.25) is 0 Å². The molecule has 9 heteroatoms. The lowest BCUT2D eigenvalue weighted by Crippen LogP contribution is -2.04. The molecule has 1 N–H and O–H groups in total. The van der Waals surface area contributed by atoms with Crippen molar-refractivity contribution >= 4 is 22.5 Å². The minimum atomic E-state index is -0.461. The molecule has 0 atom stereocenters. The van der Waals surface area contributed by atoms with Gasteiger partial charge in [-0.2, -0.15) is 0 Å². The highest BCUT2D eigenvalue weighted by atomic mass is 16.6. The number of nitro benzene ring substituents is 1. The van der Waals surface area contributed by atoms with E-state index in [4.69, 9.17) is 14.2 Å². The molecule has 0 amide bonds. The van der Waals surface area contributed by atoms with Crippen LogP contribution in [0.4, 0.5) is 11.5 Å². The number of non-ortho nitro benzene ring substituents is 1. The van der Waals surface area contributed by atoms with Crippen molar-refractivity contribution in [3.63, 3.8) is 0 Å². The number of benzene rings is 2. The van der Waals surface area contributed by atoms with Crippen molar-refractivity contribution in [2.24, 2.45) is 0 Å². The molecule has 3 aromatic rings. The number of hydrogen-bond donors (Lipinski definition) is 1. The van der Waals surface area contributed by atoms with Gasteiger partial charge in [-0.1, -0.05) is 0 Å². The number of rotatable bonds is 7. The molecule has 0 spiro atoms. The lowest BCUT2D eigenvalue weighted by Gasteiger charge is -2.14. The predicted molar refractivity (Wildman–Crippen MR) is 99.6 cm³/mol. The van der Waals surface area contributed by atoms with E-state index in [1.54, 1.807) is 33.6 Å². The Balaban J connectivity index is 1.84. The number of hydrogen-bond acceptors (Lipinski definition) is 8. The van der Waals surface area contributed by atoms with Crippen molar-refractivity contribution in [1.82, 2.24) is 9.97 Å². The van der Waals surface area contributed by atoms with Gasteiger partial charge in [-0.05, 0) is 23.8 Å². The Bertz CT molecular complexity index is 968. The Labute approximate surface area is 155 Å². The molecule has 1 heterocycles. The number of aromatic nitrogens is 2. The Morgan fingerprint density at radius 3 is 2.33 bits per heavy atom. The maximum Gasteiger partial charge on any atom is 0.271 e. The van der Waals surface area contributed by atoms with Gasteiger partial charge in [-0.25, -0.2) is 4.98 Å². The molecule has 0 aliphatic rings. The van der Waals surface area contributed by atoms with E-state index >= 15 is 0 Å². The standard InChI is InChI=1S/C18H18N4O5/c1-25-15-6-11(7-16(26-2)18(15)27-3)9-20-17-10-19-13-5-4-12(22(23)24)8-14(13)21-17/h4-8,10H,9H2,1-3H3,(H,20,21). The van der Waals surface area contributed by atoms with Crippen LogP contribution in [0.5, 0.6) is 17.2 Å². The smallest absolute Gasteiger partial charge is 0.271 e. The number of nitro groups is 1. The number of nitrogens with one attached hydrogen (secondary N) is 1. The normalized spacial score (nSPS) is 10.5. The molecule has 0 saturated heterocycles. The van der Waals surface area contributed by atoms with Crippen LogP contribution in [-0.2, 0) is 6.54 Å². The van der Waals surface area contributed by atoms with Gasteiger partial charge in [0, 0.05) is 18.7 Å². The fourth-order valence-corrected chi connectivity index (χ4v) is 2.63. The van der Waals surface area contributed by atoms with Crippen molar-refractivity contribution in [3.8, 4) is 17.2 Å². The lowest BCUT2D eigenvalue weighted by molar-refractivity contribution is -0.384. The van der Waals surface area contributed by atoms with Crippen molar-refractivity contribution in [2.75, 3.05) is 26.6 Å². The average Bonchev–Trinajstić information content (AvgIpc) is 2.70. The summed E-state index contributed by atoms with van der Waals surface area (Å²) in [7, 11) is 4.65. The van der Waals surface area contributed by atoms with Crippen LogP contribution in [0.25, 0.3) is 11.0 Å². The molecule has 9 nitrogen and oxygen atoms in total. The molecule has 140 valence electrons. The van der Waals surface area contributed by atoms with E-state index in [1.807, 2.05) is 12.1 Å². The Kier molecular flexibility index (Phi) is 5.20. The van der Waals surface area contributed by atoms with Gasteiger partial charge in [0.1, 0.15) is 5.82 Å². The molecule has 27 heavy (non-hydrogen) atoms. The van der Waals surface area contributed by atoms with Crippen LogP contribution in [0.15, 0.2) is 36.5 Å². The Hall–Kier alpha value is -3.62. The molecular weight excluding hydrogens is 352 g/mol. The van der Waals surface area contributed by atoms with Crippen LogP contribution in [-0.4, -0.2) is 36.2 Å². The van der Waals surface area contributed by atoms with Crippen molar-refractivity contribution in [1.29, 1.82) is 0 Å². The number of methoxy groups -OCH3 is 3. The van der Waals surface area contributed by atoms with E-state index in [9.17, 15) is 10.1 Å². The lowest BCUT2D eigenvalue weighted by atomic mass is 10.1. The zero-order valence-electron chi connectivity index (χ0n) is 15.1. The van der Waals surface area contributed by atoms with E-state index in [1.165, 1.54) is 12.1 Å². The summed E-state index contributed by atoms with van der Waals surface area (Å²) in [6.45, 7) is 0.422. The van der Waals surface area contributed by atoms with Gasteiger partial charge in [0.2, 0.25) is 5.75 Å². The largest absolute Gasteiger partial charge is 0.493 e. The topological polar surface area (TPSA) is 109 Å². The first kappa shape index (κ1) is 18.2. The van der Waals surface area contributed by atoms with E-state index in [0.717, 1.165) is 5.56 Å². The van der Waals surface area contributed by atoms with Crippen LogP contribution in [0, 0.1) is 10.1 Å². The summed E-state index contributed by atoms with van der Waals surface area (Å²) in [4.78, 5) is 19.1. The average molecular weight is 370 g/mol. The molecule has 0 unspecified atom stereocenters. The molecule has 3 rings (SSSR count). The van der Waals surface area contributed by atoms with Crippen LogP contribution in [0.3, 0.4) is 0 Å². The molecule has 0 radical (unpaired) electrons. The molecule has 2 aromatic carbocycles. The molecule has 0 fully saturated rings. The Morgan fingerprint density at radius 1 is 1.04 bits per heavy atom. The summed E-state index contributed by atoms with van der Waals surface area (Å²) in [5.74, 6) is 2.11. The van der Waals surface area contributed by atoms with Gasteiger partial charge in [-0.15, -0.1) is 0 Å². The third kappa shape index (κ3) is 3.81. The molecule has 0 aliphatic carbocycles. The van der Waals surface area contributed by atoms with Crippen molar-refractivity contribution in [3.05, 3.63) is 52.2 Å². The van der Waals surface area contributed by atoms with Gasteiger partial charge in [0.15, 0.2) is 11.5 Å². The summed E-state index contributed by atoms with van der Waals surface area (Å²) in [5, 5.41) is 14.1. The second-order valence-electron chi connectivity index (χ2n) is 5.57. The summed E-state index contributed by atoms with van der Waals surface area (Å²) in [5.41, 5.74) is 1.88. The number of nitrogens with zero attached hydrogens (tertiary/aromatic N) is 3. The maximum atomic E-state index is 10.9. The molecule has 0 saturated carbocycles.